The number of benzene rings is 1. The zero-order valence-electron chi connectivity index (χ0n) is 12.0. The third-order valence-corrected chi connectivity index (χ3v) is 3.30. The Morgan fingerprint density at radius 2 is 2.10 bits per heavy atom. The van der Waals surface area contributed by atoms with E-state index in [1.54, 1.807) is 7.11 Å². The van der Waals surface area contributed by atoms with Gasteiger partial charge < -0.3 is 19.8 Å². The molecular weight excluding hydrogens is 256 g/mol. The van der Waals surface area contributed by atoms with Crippen molar-refractivity contribution in [3.8, 4) is 5.75 Å². The van der Waals surface area contributed by atoms with Crippen LogP contribution in [-0.4, -0.2) is 30.4 Å². The van der Waals surface area contributed by atoms with Crippen molar-refractivity contribution in [3.63, 3.8) is 0 Å². The number of methoxy groups -OCH3 is 1. The first-order chi connectivity index (χ1) is 9.65. The van der Waals surface area contributed by atoms with Gasteiger partial charge in [0.15, 0.2) is 0 Å². The Labute approximate surface area is 118 Å². The van der Waals surface area contributed by atoms with Crippen LogP contribution in [-0.2, 0) is 13.0 Å². The second kappa shape index (κ2) is 6.38. The summed E-state index contributed by atoms with van der Waals surface area (Å²) >= 11 is 0. The van der Waals surface area contributed by atoms with Gasteiger partial charge in [-0.15, -0.1) is 5.10 Å². The quantitative estimate of drug-likeness (QED) is 0.863. The van der Waals surface area contributed by atoms with Gasteiger partial charge in [0.25, 0.3) is 0 Å². The molecule has 1 unspecified atom stereocenters. The summed E-state index contributed by atoms with van der Waals surface area (Å²) in [6.45, 7) is 2.35. The Morgan fingerprint density at radius 1 is 1.35 bits per heavy atom. The van der Waals surface area contributed by atoms with E-state index < -0.39 is 0 Å². The van der Waals surface area contributed by atoms with Gasteiger partial charge in [-0.05, 0) is 25.0 Å². The molecule has 0 aliphatic rings. The topological polar surface area (TPSA) is 77.4 Å². The predicted molar refractivity (Wildman–Crippen MR) is 76.8 cm³/mol. The molecule has 6 heteroatoms. The van der Waals surface area contributed by atoms with Crippen LogP contribution in [0.15, 0.2) is 28.7 Å². The smallest absolute Gasteiger partial charge is 0.318 e. The minimum atomic E-state index is 0.192. The van der Waals surface area contributed by atoms with Crippen LogP contribution in [0.1, 0.15) is 18.4 Å². The lowest BCUT2D eigenvalue weighted by molar-refractivity contribution is 0.407. The molecule has 0 saturated heterocycles. The van der Waals surface area contributed by atoms with Gasteiger partial charge in [0.1, 0.15) is 5.75 Å². The summed E-state index contributed by atoms with van der Waals surface area (Å²) in [7, 11) is 3.60. The monoisotopic (exact) mass is 276 g/mol. The Bertz CT molecular complexity index is 556. The third-order valence-electron chi connectivity index (χ3n) is 3.30. The van der Waals surface area contributed by atoms with Crippen molar-refractivity contribution in [2.75, 3.05) is 19.1 Å². The van der Waals surface area contributed by atoms with Crippen LogP contribution >= 0.6 is 0 Å². The van der Waals surface area contributed by atoms with Crippen LogP contribution in [0.5, 0.6) is 5.75 Å². The maximum absolute atomic E-state index is 5.47. The Balaban J connectivity index is 2.09. The molecule has 2 rings (SSSR count). The van der Waals surface area contributed by atoms with E-state index in [0.717, 1.165) is 17.7 Å². The molecule has 0 amide bonds. The first-order valence-electron chi connectivity index (χ1n) is 6.53. The van der Waals surface area contributed by atoms with E-state index in [-0.39, 0.29) is 12.6 Å². The van der Waals surface area contributed by atoms with Crippen LogP contribution in [0.2, 0.25) is 0 Å². The predicted octanol–water partition coefficient (Wildman–Crippen LogP) is 1.60. The molecule has 1 aromatic heterocycles. The summed E-state index contributed by atoms with van der Waals surface area (Å²) in [5.41, 5.74) is 6.62. The Morgan fingerprint density at radius 3 is 2.75 bits per heavy atom. The third kappa shape index (κ3) is 3.08. The second-order valence-corrected chi connectivity index (χ2v) is 4.66. The van der Waals surface area contributed by atoms with Crippen LogP contribution in [0.25, 0.3) is 0 Å². The fourth-order valence-electron chi connectivity index (χ4n) is 1.99. The highest BCUT2D eigenvalue weighted by atomic mass is 16.5. The maximum atomic E-state index is 5.47. The van der Waals surface area contributed by atoms with Crippen molar-refractivity contribution < 1.29 is 9.15 Å². The number of para-hydroxylation sites is 1. The lowest BCUT2D eigenvalue weighted by Crippen LogP contribution is -2.31. The highest BCUT2D eigenvalue weighted by Crippen LogP contribution is 2.22. The number of likely N-dealkylation sites (N-methyl/N-ethyl adjacent to an activating group) is 1. The van der Waals surface area contributed by atoms with Gasteiger partial charge in [0.05, 0.1) is 13.7 Å². The van der Waals surface area contributed by atoms with Gasteiger partial charge >= 0.3 is 6.01 Å². The second-order valence-electron chi connectivity index (χ2n) is 4.66. The average Bonchev–Trinajstić information content (AvgIpc) is 2.95. The van der Waals surface area contributed by atoms with Crippen LogP contribution in [0, 0.1) is 0 Å². The number of nitrogens with zero attached hydrogens (tertiary/aromatic N) is 3. The number of rotatable bonds is 6. The largest absolute Gasteiger partial charge is 0.496 e. The number of anilines is 1. The van der Waals surface area contributed by atoms with Crippen LogP contribution < -0.4 is 15.4 Å². The lowest BCUT2D eigenvalue weighted by Gasteiger charge is -2.23. The summed E-state index contributed by atoms with van der Waals surface area (Å²) in [5, 5.41) is 7.86. The molecule has 108 valence electrons. The highest BCUT2D eigenvalue weighted by molar-refractivity contribution is 5.35. The molecule has 0 spiro atoms. The number of aromatic nitrogens is 2. The van der Waals surface area contributed by atoms with E-state index in [2.05, 4.69) is 23.2 Å². The molecule has 1 aromatic carbocycles. The van der Waals surface area contributed by atoms with Gasteiger partial charge in [-0.1, -0.05) is 23.3 Å². The molecule has 1 atom stereocenters. The number of hydrogen-bond acceptors (Lipinski definition) is 6. The SMILES string of the molecule is COc1ccccc1CC(C)N(C)c1nnc(CN)o1. The molecule has 0 aliphatic heterocycles. The van der Waals surface area contributed by atoms with Gasteiger partial charge in [-0.2, -0.15) is 0 Å². The summed E-state index contributed by atoms with van der Waals surface area (Å²) in [5.74, 6) is 1.33. The average molecular weight is 276 g/mol. The van der Waals surface area contributed by atoms with Gasteiger partial charge in [-0.3, -0.25) is 0 Å². The van der Waals surface area contributed by atoms with Crippen molar-refractivity contribution in [3.05, 3.63) is 35.7 Å². The van der Waals surface area contributed by atoms with Crippen molar-refractivity contribution in [2.45, 2.75) is 25.9 Å². The van der Waals surface area contributed by atoms with Gasteiger partial charge in [-0.25, -0.2) is 0 Å². The Hall–Kier alpha value is -2.08. The molecule has 6 nitrogen and oxygen atoms in total. The molecule has 2 aromatic rings. The molecule has 2 N–H and O–H groups in total. The molecular formula is C14H20N4O2. The highest BCUT2D eigenvalue weighted by Gasteiger charge is 2.17. The van der Waals surface area contributed by atoms with E-state index in [9.17, 15) is 0 Å². The van der Waals surface area contributed by atoms with E-state index in [1.807, 2.05) is 30.1 Å². The van der Waals surface area contributed by atoms with E-state index in [4.69, 9.17) is 14.9 Å². The number of hydrogen-bond donors (Lipinski definition) is 1. The Kier molecular flexibility index (Phi) is 4.57. The van der Waals surface area contributed by atoms with Crippen LogP contribution in [0.4, 0.5) is 6.01 Å². The standard InChI is InChI=1S/C14H20N4O2/c1-10(8-11-6-4-5-7-12(11)19-3)18(2)14-17-16-13(9-15)20-14/h4-7,10H,8-9,15H2,1-3H3. The summed E-state index contributed by atoms with van der Waals surface area (Å²) in [6, 6.07) is 8.65. The molecule has 0 aliphatic carbocycles. The van der Waals surface area contributed by atoms with E-state index >= 15 is 0 Å². The summed E-state index contributed by atoms with van der Waals surface area (Å²) in [6.07, 6.45) is 0.820. The van der Waals surface area contributed by atoms with Gasteiger partial charge in [0.2, 0.25) is 5.89 Å². The molecule has 0 bridgehead atoms. The fourth-order valence-corrected chi connectivity index (χ4v) is 1.99. The van der Waals surface area contributed by atoms with E-state index in [0.29, 0.717) is 11.9 Å². The van der Waals surface area contributed by atoms with Crippen molar-refractivity contribution in [2.24, 2.45) is 5.73 Å². The molecule has 0 fully saturated rings. The minimum Gasteiger partial charge on any atom is -0.496 e. The van der Waals surface area contributed by atoms with Crippen molar-refractivity contribution in [1.29, 1.82) is 0 Å². The summed E-state index contributed by atoms with van der Waals surface area (Å²) < 4.78 is 10.8. The molecule has 1 heterocycles. The molecule has 20 heavy (non-hydrogen) atoms. The van der Waals surface area contributed by atoms with E-state index in [1.165, 1.54) is 0 Å². The van der Waals surface area contributed by atoms with Gasteiger partial charge in [0, 0.05) is 13.1 Å². The van der Waals surface area contributed by atoms with Crippen LogP contribution in [0.3, 0.4) is 0 Å². The first kappa shape index (κ1) is 14.3. The number of ether oxygens (including phenoxy) is 1. The maximum Gasteiger partial charge on any atom is 0.318 e. The first-order valence-corrected chi connectivity index (χ1v) is 6.53. The zero-order valence-corrected chi connectivity index (χ0v) is 12.0. The normalized spacial score (nSPS) is 12.2. The minimum absolute atomic E-state index is 0.192. The van der Waals surface area contributed by atoms with Crippen molar-refractivity contribution in [1.82, 2.24) is 10.2 Å². The van der Waals surface area contributed by atoms with Crippen molar-refractivity contribution >= 4 is 6.01 Å². The molecule has 0 saturated carbocycles. The lowest BCUT2D eigenvalue weighted by atomic mass is 10.1. The zero-order chi connectivity index (χ0) is 14.5. The molecule has 0 radical (unpaired) electrons. The number of nitrogens with two attached hydrogens (primary N) is 1. The summed E-state index contributed by atoms with van der Waals surface area (Å²) in [4.78, 5) is 1.94. The fraction of sp³-hybridized carbons (Fsp3) is 0.429.